The molecule has 5 fully saturated rings. The van der Waals surface area contributed by atoms with Crippen LogP contribution in [-0.4, -0.2) is 73.2 Å². The summed E-state index contributed by atoms with van der Waals surface area (Å²) in [5.74, 6) is 0.914. The van der Waals surface area contributed by atoms with Crippen molar-refractivity contribution in [2.24, 2.45) is 17.8 Å². The van der Waals surface area contributed by atoms with Gasteiger partial charge in [-0.15, -0.1) is 0 Å². The van der Waals surface area contributed by atoms with Gasteiger partial charge in [-0.2, -0.15) is 4.98 Å². The molecule has 11 nitrogen and oxygen atoms in total. The Balaban J connectivity index is 1.22. The number of hydrogen-bond donors (Lipinski definition) is 4. The average Bonchev–Trinajstić information content (AvgIpc) is 3.50. The lowest BCUT2D eigenvalue weighted by Crippen LogP contribution is -2.59. The largest absolute Gasteiger partial charge is 0.390 e. The molecule has 8 rings (SSSR count). The van der Waals surface area contributed by atoms with Gasteiger partial charge in [-0.1, -0.05) is 5.16 Å². The Bertz CT molecular complexity index is 1320. The van der Waals surface area contributed by atoms with Crippen LogP contribution in [0.4, 0.5) is 5.69 Å². The molecule has 182 valence electrons. The van der Waals surface area contributed by atoms with Crippen LogP contribution in [0.3, 0.4) is 0 Å². The number of nitrogens with one attached hydrogen (secondary N) is 3. The summed E-state index contributed by atoms with van der Waals surface area (Å²) in [6.45, 7) is 0.775. The first-order chi connectivity index (χ1) is 17.0. The zero-order chi connectivity index (χ0) is 23.7. The lowest BCUT2D eigenvalue weighted by atomic mass is 9.52. The van der Waals surface area contributed by atoms with Crippen LogP contribution < -0.4 is 10.6 Å². The van der Waals surface area contributed by atoms with Crippen molar-refractivity contribution in [1.29, 1.82) is 0 Å². The van der Waals surface area contributed by atoms with Crippen molar-refractivity contribution in [3.8, 4) is 11.5 Å². The summed E-state index contributed by atoms with van der Waals surface area (Å²) >= 11 is 0. The van der Waals surface area contributed by atoms with Gasteiger partial charge in [0.25, 0.3) is 17.6 Å². The summed E-state index contributed by atoms with van der Waals surface area (Å²) in [5.41, 5.74) is 1.72. The second kappa shape index (κ2) is 7.51. The van der Waals surface area contributed by atoms with E-state index in [2.05, 4.69) is 30.7 Å². The molecule has 35 heavy (non-hydrogen) atoms. The highest BCUT2D eigenvalue weighted by Crippen LogP contribution is 2.56. The first-order valence-corrected chi connectivity index (χ1v) is 12.3. The molecule has 4 saturated carbocycles. The third kappa shape index (κ3) is 3.40. The molecule has 1 aliphatic heterocycles. The predicted molar refractivity (Wildman–Crippen MR) is 124 cm³/mol. The molecule has 2 atom stereocenters. The summed E-state index contributed by atoms with van der Waals surface area (Å²) < 4.78 is 5.54. The van der Waals surface area contributed by atoms with Gasteiger partial charge < -0.3 is 30.1 Å². The van der Waals surface area contributed by atoms with Crippen molar-refractivity contribution in [3.63, 3.8) is 0 Å². The topological polar surface area (TPSA) is 149 Å². The summed E-state index contributed by atoms with van der Waals surface area (Å²) in [7, 11) is 0. The van der Waals surface area contributed by atoms with Crippen LogP contribution in [0.25, 0.3) is 22.5 Å². The van der Waals surface area contributed by atoms with E-state index in [9.17, 15) is 14.7 Å². The van der Waals surface area contributed by atoms with Gasteiger partial charge in [-0.3, -0.25) is 9.59 Å². The molecule has 0 radical (unpaired) electrons. The van der Waals surface area contributed by atoms with Gasteiger partial charge in [0, 0.05) is 36.9 Å². The highest BCUT2D eigenvalue weighted by Gasteiger charge is 2.54. The van der Waals surface area contributed by atoms with E-state index < -0.39 is 11.5 Å². The first-order valence-electron chi connectivity index (χ1n) is 12.3. The maximum absolute atomic E-state index is 12.9. The van der Waals surface area contributed by atoms with Crippen molar-refractivity contribution in [2.75, 3.05) is 25.0 Å². The van der Waals surface area contributed by atoms with Gasteiger partial charge in [-0.05, 0) is 55.9 Å². The van der Waals surface area contributed by atoms with E-state index in [4.69, 9.17) is 4.52 Å². The first kappa shape index (κ1) is 20.9. The molecule has 2 unspecified atom stereocenters. The number of rotatable bonds is 4. The number of carbonyl (C=O) groups excluding carboxylic acids is 2. The minimum atomic E-state index is -0.508. The van der Waals surface area contributed by atoms with Gasteiger partial charge in [0.05, 0.1) is 16.9 Å². The van der Waals surface area contributed by atoms with Gasteiger partial charge >= 0.3 is 0 Å². The highest BCUT2D eigenvalue weighted by molar-refractivity contribution is 5.98. The van der Waals surface area contributed by atoms with E-state index in [1.165, 1.54) is 4.90 Å². The fraction of sp³-hybridized carbons (Fsp3) is 0.542. The Hall–Kier alpha value is -3.47. The van der Waals surface area contributed by atoms with Crippen LogP contribution in [-0.2, 0) is 4.79 Å². The van der Waals surface area contributed by atoms with Crippen LogP contribution in [0.2, 0.25) is 0 Å². The third-order valence-electron chi connectivity index (χ3n) is 8.31. The molecule has 2 amide bonds. The number of nitrogens with zero attached hydrogens (tertiary/aromatic N) is 4. The fourth-order valence-corrected chi connectivity index (χ4v) is 7.08. The van der Waals surface area contributed by atoms with E-state index in [1.54, 1.807) is 6.20 Å². The lowest BCUT2D eigenvalue weighted by molar-refractivity contribution is -0.129. The summed E-state index contributed by atoms with van der Waals surface area (Å²) in [4.78, 5) is 38.0. The van der Waals surface area contributed by atoms with Crippen molar-refractivity contribution >= 4 is 28.5 Å². The molecule has 0 aromatic carbocycles. The quantitative estimate of drug-likeness (QED) is 0.442. The monoisotopic (exact) mass is 477 g/mol. The number of anilines is 1. The molecule has 3 aromatic heterocycles. The van der Waals surface area contributed by atoms with Gasteiger partial charge in [0.1, 0.15) is 12.2 Å². The highest BCUT2D eigenvalue weighted by atomic mass is 16.5. The van der Waals surface area contributed by atoms with E-state index in [1.807, 2.05) is 12.3 Å². The third-order valence-corrected chi connectivity index (χ3v) is 8.31. The number of amides is 2. The Labute approximate surface area is 200 Å². The van der Waals surface area contributed by atoms with Crippen molar-refractivity contribution in [2.45, 2.75) is 43.7 Å². The van der Waals surface area contributed by atoms with E-state index in [0.29, 0.717) is 36.4 Å². The standard InChI is InChI=1S/C24H27N7O4/c32-17-11-31(4-3-25-17)23(33)21-29-22(35-30-21)16-10-27-20-15(1-2-26-20)19(16)28-18-13-5-12-6-14(18)9-24(34,7-12)8-13/h1-2,10,12-14,18,34H,3-9,11H2,(H,25,32)(H2,26,27,28). The fourth-order valence-electron chi connectivity index (χ4n) is 7.08. The summed E-state index contributed by atoms with van der Waals surface area (Å²) in [6, 6.07) is 2.20. The van der Waals surface area contributed by atoms with Crippen molar-refractivity contribution in [1.82, 2.24) is 30.3 Å². The number of carbonyl (C=O) groups is 2. The molecular weight excluding hydrogens is 450 g/mol. The molecule has 1 saturated heterocycles. The van der Waals surface area contributed by atoms with Crippen LogP contribution in [0.5, 0.6) is 0 Å². The van der Waals surface area contributed by atoms with Gasteiger partial charge in [-0.25, -0.2) is 4.98 Å². The normalized spacial score (nSPS) is 31.7. The van der Waals surface area contributed by atoms with Crippen LogP contribution in [0, 0.1) is 17.8 Å². The molecule has 4 aliphatic carbocycles. The van der Waals surface area contributed by atoms with Gasteiger partial charge in [0.2, 0.25) is 5.91 Å². The molecule has 3 aromatic rings. The number of H-pyrrole nitrogens is 1. The number of fused-ring (bicyclic) bond motifs is 1. The Morgan fingerprint density at radius 3 is 2.86 bits per heavy atom. The second-order valence-electron chi connectivity index (χ2n) is 10.7. The minimum absolute atomic E-state index is 0.0236. The maximum Gasteiger partial charge on any atom is 0.295 e. The molecule has 5 aliphatic rings. The smallest absolute Gasteiger partial charge is 0.295 e. The average molecular weight is 478 g/mol. The maximum atomic E-state index is 12.9. The second-order valence-corrected chi connectivity index (χ2v) is 10.7. The van der Waals surface area contributed by atoms with Crippen molar-refractivity contribution in [3.05, 3.63) is 24.3 Å². The van der Waals surface area contributed by atoms with Crippen LogP contribution >= 0.6 is 0 Å². The lowest BCUT2D eigenvalue weighted by Gasteiger charge is -2.58. The predicted octanol–water partition coefficient (Wildman–Crippen LogP) is 1.54. The molecule has 4 heterocycles. The molecule has 4 N–H and O–H groups in total. The van der Waals surface area contributed by atoms with Crippen LogP contribution in [0.1, 0.15) is 42.7 Å². The molecular formula is C24H27N7O4. The zero-order valence-electron chi connectivity index (χ0n) is 19.2. The molecule has 4 bridgehead atoms. The number of piperazine rings is 1. The Morgan fingerprint density at radius 2 is 2.09 bits per heavy atom. The number of hydrogen-bond acceptors (Lipinski definition) is 8. The summed E-state index contributed by atoms with van der Waals surface area (Å²) in [6.07, 6.45) is 8.39. The Morgan fingerprint density at radius 1 is 1.26 bits per heavy atom. The Kier molecular flexibility index (Phi) is 4.48. The number of aliphatic hydroxyl groups is 1. The number of aromatic nitrogens is 4. The van der Waals surface area contributed by atoms with Crippen molar-refractivity contribution < 1.29 is 19.2 Å². The van der Waals surface area contributed by atoms with Crippen LogP contribution in [0.15, 0.2) is 23.0 Å². The summed E-state index contributed by atoms with van der Waals surface area (Å²) in [5, 5.41) is 22.3. The number of aromatic amines is 1. The minimum Gasteiger partial charge on any atom is -0.390 e. The van der Waals surface area contributed by atoms with E-state index in [0.717, 1.165) is 48.8 Å². The van der Waals surface area contributed by atoms with Gasteiger partial charge in [0.15, 0.2) is 0 Å². The SMILES string of the molecule is O=C1CN(C(=O)c2noc(-c3cnc4[nH]ccc4c3NC3C4CC5CC3CC(O)(C5)C4)n2)CCN1. The molecule has 0 spiro atoms. The van der Waals surface area contributed by atoms with E-state index >= 15 is 0 Å². The number of pyridine rings is 1. The van der Waals surface area contributed by atoms with E-state index in [-0.39, 0.29) is 30.2 Å². The molecule has 11 heteroatoms. The zero-order valence-corrected chi connectivity index (χ0v) is 19.2.